The van der Waals surface area contributed by atoms with E-state index >= 15 is 0 Å². The number of carbonyl (C=O) groups excluding carboxylic acids is 1. The minimum Gasteiger partial charge on any atom is -0.333 e. The third-order valence-electron chi connectivity index (χ3n) is 5.57. The predicted molar refractivity (Wildman–Crippen MR) is 94.0 cm³/mol. The second-order valence-corrected chi connectivity index (χ2v) is 7.88. The smallest absolute Gasteiger partial charge is 0.223 e. The van der Waals surface area contributed by atoms with Crippen molar-refractivity contribution < 1.29 is 9.18 Å². The van der Waals surface area contributed by atoms with Crippen LogP contribution in [0.15, 0.2) is 24.3 Å². The first-order valence-corrected chi connectivity index (χ1v) is 9.26. The summed E-state index contributed by atoms with van der Waals surface area (Å²) in [7, 11) is 0. The molecular weight excluding hydrogens is 303 g/mol. The highest BCUT2D eigenvalue weighted by Gasteiger charge is 2.45. The average Bonchev–Trinajstić information content (AvgIpc) is 2.71. The molecule has 4 heteroatoms. The first-order valence-electron chi connectivity index (χ1n) is 9.26. The van der Waals surface area contributed by atoms with E-state index < -0.39 is 0 Å². The Bertz CT molecular complexity index is 572. The molecule has 1 unspecified atom stereocenters. The molecule has 3 nitrogen and oxygen atoms in total. The van der Waals surface area contributed by atoms with E-state index in [1.54, 1.807) is 12.1 Å². The van der Waals surface area contributed by atoms with E-state index in [1.165, 1.54) is 12.1 Å². The van der Waals surface area contributed by atoms with Crippen molar-refractivity contribution in [2.45, 2.75) is 58.0 Å². The molecule has 0 bridgehead atoms. The molecule has 1 amide bonds. The van der Waals surface area contributed by atoms with Gasteiger partial charge in [0.2, 0.25) is 5.91 Å². The molecule has 1 spiro atoms. The lowest BCUT2D eigenvalue weighted by atomic mass is 9.87. The molecule has 0 aliphatic carbocycles. The lowest BCUT2D eigenvalue weighted by Gasteiger charge is -2.38. The zero-order valence-electron chi connectivity index (χ0n) is 14.9. The lowest BCUT2D eigenvalue weighted by molar-refractivity contribution is -0.132. The van der Waals surface area contributed by atoms with Gasteiger partial charge in [-0.1, -0.05) is 26.0 Å². The fraction of sp³-hybridized carbons (Fsp3) is 0.650. The predicted octanol–water partition coefficient (Wildman–Crippen LogP) is 3.83. The fourth-order valence-corrected chi connectivity index (χ4v) is 4.36. The zero-order chi connectivity index (χ0) is 17.2. The van der Waals surface area contributed by atoms with Gasteiger partial charge in [0.25, 0.3) is 0 Å². The van der Waals surface area contributed by atoms with Crippen LogP contribution in [0.1, 0.15) is 51.5 Å². The normalized spacial score (nSPS) is 25.7. The summed E-state index contributed by atoms with van der Waals surface area (Å²) in [6, 6.07) is 6.58. The standard InChI is InChI=1S/C20H29FN2O/c1-16(2)14-22-12-3-9-20(11-13-22)10-8-19(24)23(20)15-17-4-6-18(21)7-5-17/h4-7,16H,3,8-15H2,1-2H3. The number of carbonyl (C=O) groups is 1. The van der Waals surface area contributed by atoms with Crippen molar-refractivity contribution in [1.82, 2.24) is 9.80 Å². The van der Waals surface area contributed by atoms with Crippen molar-refractivity contribution in [2.24, 2.45) is 5.92 Å². The number of hydrogen-bond donors (Lipinski definition) is 0. The maximum absolute atomic E-state index is 13.1. The molecule has 0 aromatic heterocycles. The van der Waals surface area contributed by atoms with Gasteiger partial charge in [0.05, 0.1) is 0 Å². The van der Waals surface area contributed by atoms with Crippen LogP contribution in [0.5, 0.6) is 0 Å². The van der Waals surface area contributed by atoms with Crippen molar-refractivity contribution >= 4 is 5.91 Å². The highest BCUT2D eigenvalue weighted by atomic mass is 19.1. The van der Waals surface area contributed by atoms with Gasteiger partial charge < -0.3 is 9.80 Å². The molecule has 3 rings (SSSR count). The number of rotatable bonds is 4. The highest BCUT2D eigenvalue weighted by molar-refractivity contribution is 5.79. The van der Waals surface area contributed by atoms with Gasteiger partial charge in [-0.05, 0) is 55.8 Å². The largest absolute Gasteiger partial charge is 0.333 e. The number of benzene rings is 1. The van der Waals surface area contributed by atoms with Crippen LogP contribution in [-0.4, -0.2) is 40.9 Å². The third kappa shape index (κ3) is 3.80. The Kier molecular flexibility index (Phi) is 5.24. The quantitative estimate of drug-likeness (QED) is 0.836. The van der Waals surface area contributed by atoms with Gasteiger partial charge in [0, 0.05) is 31.6 Å². The molecule has 2 heterocycles. The van der Waals surface area contributed by atoms with Crippen molar-refractivity contribution in [2.75, 3.05) is 19.6 Å². The SMILES string of the molecule is CC(C)CN1CCCC2(CCC(=O)N2Cc2ccc(F)cc2)CC1. The van der Waals surface area contributed by atoms with Crippen molar-refractivity contribution in [3.63, 3.8) is 0 Å². The maximum atomic E-state index is 13.1. The van der Waals surface area contributed by atoms with Gasteiger partial charge in [0.15, 0.2) is 0 Å². The Morgan fingerprint density at radius 1 is 1.12 bits per heavy atom. The molecule has 2 aliphatic heterocycles. The Morgan fingerprint density at radius 2 is 1.88 bits per heavy atom. The molecule has 132 valence electrons. The number of halogens is 1. The summed E-state index contributed by atoms with van der Waals surface area (Å²) in [6.45, 7) is 8.50. The van der Waals surface area contributed by atoms with E-state index in [2.05, 4.69) is 23.6 Å². The van der Waals surface area contributed by atoms with Gasteiger partial charge in [-0.15, -0.1) is 0 Å². The summed E-state index contributed by atoms with van der Waals surface area (Å²) in [5.41, 5.74) is 1.03. The van der Waals surface area contributed by atoms with Gasteiger partial charge >= 0.3 is 0 Å². The van der Waals surface area contributed by atoms with E-state index in [-0.39, 0.29) is 17.3 Å². The summed E-state index contributed by atoms with van der Waals surface area (Å²) in [4.78, 5) is 17.2. The minimum atomic E-state index is -0.222. The molecule has 1 aromatic carbocycles. The second kappa shape index (κ2) is 7.22. The number of likely N-dealkylation sites (tertiary alicyclic amines) is 2. The molecule has 2 fully saturated rings. The van der Waals surface area contributed by atoms with E-state index in [4.69, 9.17) is 0 Å². The molecule has 0 radical (unpaired) electrons. The maximum Gasteiger partial charge on any atom is 0.223 e. The summed E-state index contributed by atoms with van der Waals surface area (Å²) in [6.07, 6.45) is 4.94. The number of hydrogen-bond acceptors (Lipinski definition) is 2. The van der Waals surface area contributed by atoms with E-state index in [1.807, 2.05) is 0 Å². The average molecular weight is 332 g/mol. The third-order valence-corrected chi connectivity index (χ3v) is 5.57. The molecule has 0 N–H and O–H groups in total. The van der Waals surface area contributed by atoms with Crippen molar-refractivity contribution in [3.05, 3.63) is 35.6 Å². The Labute approximate surface area is 144 Å². The number of amides is 1. The van der Waals surface area contributed by atoms with Crippen LogP contribution in [0.4, 0.5) is 4.39 Å². The lowest BCUT2D eigenvalue weighted by Crippen LogP contribution is -2.46. The molecule has 0 saturated carbocycles. The zero-order valence-corrected chi connectivity index (χ0v) is 14.9. The van der Waals surface area contributed by atoms with Crippen LogP contribution in [0.25, 0.3) is 0 Å². The molecule has 1 atom stereocenters. The van der Waals surface area contributed by atoms with Crippen molar-refractivity contribution in [1.29, 1.82) is 0 Å². The van der Waals surface area contributed by atoms with Crippen LogP contribution in [0.3, 0.4) is 0 Å². The highest BCUT2D eigenvalue weighted by Crippen LogP contribution is 2.40. The van der Waals surface area contributed by atoms with Gasteiger partial charge in [-0.2, -0.15) is 0 Å². The molecule has 1 aromatic rings. The molecule has 24 heavy (non-hydrogen) atoms. The fourth-order valence-electron chi connectivity index (χ4n) is 4.36. The number of nitrogens with zero attached hydrogens (tertiary/aromatic N) is 2. The van der Waals surface area contributed by atoms with Crippen LogP contribution in [-0.2, 0) is 11.3 Å². The van der Waals surface area contributed by atoms with Crippen LogP contribution < -0.4 is 0 Å². The summed E-state index contributed by atoms with van der Waals surface area (Å²) in [5, 5.41) is 0. The Hall–Kier alpha value is -1.42. The van der Waals surface area contributed by atoms with Crippen molar-refractivity contribution in [3.8, 4) is 0 Å². The monoisotopic (exact) mass is 332 g/mol. The summed E-state index contributed by atoms with van der Waals surface area (Å²) >= 11 is 0. The van der Waals surface area contributed by atoms with Crippen LogP contribution in [0.2, 0.25) is 0 Å². The Balaban J connectivity index is 1.73. The van der Waals surface area contributed by atoms with E-state index in [0.29, 0.717) is 18.9 Å². The van der Waals surface area contributed by atoms with Crippen LogP contribution >= 0.6 is 0 Å². The molecule has 2 aliphatic rings. The second-order valence-electron chi connectivity index (χ2n) is 7.88. The minimum absolute atomic E-state index is 0.0111. The molecular formula is C20H29FN2O. The van der Waals surface area contributed by atoms with Gasteiger partial charge in [-0.3, -0.25) is 4.79 Å². The first kappa shape index (κ1) is 17.4. The molecule has 2 saturated heterocycles. The van der Waals surface area contributed by atoms with E-state index in [9.17, 15) is 9.18 Å². The van der Waals surface area contributed by atoms with Gasteiger partial charge in [0.1, 0.15) is 5.82 Å². The van der Waals surface area contributed by atoms with E-state index in [0.717, 1.165) is 50.9 Å². The van der Waals surface area contributed by atoms with Crippen LogP contribution in [0, 0.1) is 11.7 Å². The Morgan fingerprint density at radius 3 is 2.58 bits per heavy atom. The summed E-state index contributed by atoms with van der Waals surface area (Å²) < 4.78 is 13.1. The van der Waals surface area contributed by atoms with Gasteiger partial charge in [-0.25, -0.2) is 4.39 Å². The summed E-state index contributed by atoms with van der Waals surface area (Å²) in [5.74, 6) is 0.719. The topological polar surface area (TPSA) is 23.6 Å². The first-order chi connectivity index (χ1) is 11.5.